The molecule has 2 amide bonds. The lowest BCUT2D eigenvalue weighted by molar-refractivity contribution is -0.123. The average Bonchev–Trinajstić information content (AvgIpc) is 3.20. The van der Waals surface area contributed by atoms with E-state index in [1.807, 2.05) is 31.2 Å². The number of oxazole rings is 1. The predicted molar refractivity (Wildman–Crippen MR) is 108 cm³/mol. The number of nitrogens with zero attached hydrogens (tertiary/aromatic N) is 1. The number of aromatic nitrogens is 1. The van der Waals surface area contributed by atoms with Crippen LogP contribution < -0.4 is 10.6 Å². The Morgan fingerprint density at radius 2 is 1.77 bits per heavy atom. The average molecular weight is 431 g/mol. The summed E-state index contributed by atoms with van der Waals surface area (Å²) in [5.74, 6) is -0.390. The van der Waals surface area contributed by atoms with E-state index < -0.39 is 24.5 Å². The van der Waals surface area contributed by atoms with Crippen LogP contribution in [-0.4, -0.2) is 29.5 Å². The third kappa shape index (κ3) is 6.43. The quantitative estimate of drug-likeness (QED) is 0.576. The first-order valence-electron chi connectivity index (χ1n) is 9.47. The van der Waals surface area contributed by atoms with Crippen molar-refractivity contribution < 1.29 is 27.2 Å². The maximum absolute atomic E-state index is 12.3. The number of carbonyl (C=O) groups excluding carboxylic acids is 2. The number of para-hydroxylation sites is 1. The Morgan fingerprint density at radius 1 is 1.06 bits per heavy atom. The van der Waals surface area contributed by atoms with E-state index in [4.69, 9.17) is 4.42 Å². The van der Waals surface area contributed by atoms with E-state index in [9.17, 15) is 22.8 Å². The first-order chi connectivity index (χ1) is 14.7. The van der Waals surface area contributed by atoms with Gasteiger partial charge in [0.05, 0.1) is 17.4 Å². The molecule has 3 aromatic rings. The van der Waals surface area contributed by atoms with E-state index in [0.717, 1.165) is 11.1 Å². The van der Waals surface area contributed by atoms with Crippen LogP contribution in [0.2, 0.25) is 0 Å². The van der Waals surface area contributed by atoms with Crippen molar-refractivity contribution in [2.45, 2.75) is 25.9 Å². The molecule has 0 unspecified atom stereocenters. The number of alkyl halides is 3. The van der Waals surface area contributed by atoms with Gasteiger partial charge in [-0.05, 0) is 19.1 Å². The molecule has 162 valence electrons. The van der Waals surface area contributed by atoms with Gasteiger partial charge in [0.15, 0.2) is 11.7 Å². The Hall–Kier alpha value is -3.62. The molecule has 0 fully saturated rings. The lowest BCUT2D eigenvalue weighted by Gasteiger charge is -2.12. The van der Waals surface area contributed by atoms with Crippen molar-refractivity contribution in [2.24, 2.45) is 0 Å². The van der Waals surface area contributed by atoms with E-state index in [-0.39, 0.29) is 24.1 Å². The fourth-order valence-electron chi connectivity index (χ4n) is 2.78. The van der Waals surface area contributed by atoms with E-state index in [2.05, 4.69) is 10.3 Å². The Labute approximate surface area is 176 Å². The van der Waals surface area contributed by atoms with Crippen molar-refractivity contribution in [3.63, 3.8) is 0 Å². The highest BCUT2D eigenvalue weighted by molar-refractivity contribution is 6.03. The molecule has 0 saturated carbocycles. The van der Waals surface area contributed by atoms with Crippen molar-refractivity contribution >= 4 is 17.5 Å². The third-order valence-corrected chi connectivity index (χ3v) is 4.35. The summed E-state index contributed by atoms with van der Waals surface area (Å²) in [4.78, 5) is 28.5. The second-order valence-corrected chi connectivity index (χ2v) is 6.88. The summed E-state index contributed by atoms with van der Waals surface area (Å²) in [6, 6.07) is 13.6. The van der Waals surface area contributed by atoms with Gasteiger partial charge in [0.1, 0.15) is 6.54 Å². The van der Waals surface area contributed by atoms with E-state index >= 15 is 0 Å². The van der Waals surface area contributed by atoms with Crippen LogP contribution in [0.25, 0.3) is 11.3 Å². The number of rotatable bonds is 7. The van der Waals surface area contributed by atoms with Crippen LogP contribution >= 0.6 is 0 Å². The molecular formula is C22H20F3N3O3. The first-order valence-corrected chi connectivity index (χ1v) is 9.47. The van der Waals surface area contributed by atoms with E-state index in [1.54, 1.807) is 17.6 Å². The second kappa shape index (κ2) is 9.46. The van der Waals surface area contributed by atoms with Crippen LogP contribution in [0.3, 0.4) is 0 Å². The standard InChI is InChI=1S/C22H20F3N3O3/c1-14-6-8-15(9-7-14)18-12-26-20(31-18)11-10-19(29)28-17-5-3-2-4-16(17)21(30)27-13-22(23,24)25/h2-9,12H,10-11,13H2,1H3,(H,27,30)(H,28,29). The molecule has 0 radical (unpaired) electrons. The van der Waals surface area contributed by atoms with Crippen LogP contribution in [0.4, 0.5) is 18.9 Å². The molecule has 1 heterocycles. The topological polar surface area (TPSA) is 84.2 Å². The zero-order valence-corrected chi connectivity index (χ0v) is 16.6. The summed E-state index contributed by atoms with van der Waals surface area (Å²) in [6.45, 7) is 0.522. The highest BCUT2D eigenvalue weighted by Gasteiger charge is 2.28. The van der Waals surface area contributed by atoms with Gasteiger partial charge in [-0.1, -0.05) is 42.0 Å². The normalized spacial score (nSPS) is 11.2. The number of amides is 2. The molecule has 1 aromatic heterocycles. The van der Waals surface area contributed by atoms with Gasteiger partial charge in [-0.15, -0.1) is 0 Å². The summed E-state index contributed by atoms with van der Waals surface area (Å²) in [5, 5.41) is 4.34. The minimum Gasteiger partial charge on any atom is -0.441 e. The Bertz CT molecular complexity index is 1060. The lowest BCUT2D eigenvalue weighted by atomic mass is 10.1. The van der Waals surface area contributed by atoms with Gasteiger partial charge in [0.2, 0.25) is 5.91 Å². The zero-order valence-electron chi connectivity index (χ0n) is 16.6. The number of nitrogens with one attached hydrogen (secondary N) is 2. The van der Waals surface area contributed by atoms with Crippen molar-refractivity contribution in [2.75, 3.05) is 11.9 Å². The van der Waals surface area contributed by atoms with Crippen LogP contribution in [0, 0.1) is 6.92 Å². The number of anilines is 1. The molecule has 0 spiro atoms. The molecule has 0 atom stereocenters. The molecule has 0 bridgehead atoms. The van der Waals surface area contributed by atoms with Gasteiger partial charge >= 0.3 is 6.18 Å². The van der Waals surface area contributed by atoms with Crippen LogP contribution in [0.5, 0.6) is 0 Å². The first kappa shape index (κ1) is 22.1. The van der Waals surface area contributed by atoms with Gasteiger partial charge in [-0.2, -0.15) is 13.2 Å². The summed E-state index contributed by atoms with van der Waals surface area (Å²) in [6.07, 6.45) is -2.70. The Kier molecular flexibility index (Phi) is 6.74. The molecule has 6 nitrogen and oxygen atoms in total. The number of halogens is 3. The van der Waals surface area contributed by atoms with Gasteiger partial charge in [0, 0.05) is 18.4 Å². The molecule has 2 aromatic carbocycles. The number of hydrogen-bond donors (Lipinski definition) is 2. The van der Waals surface area contributed by atoms with Gasteiger partial charge in [-0.3, -0.25) is 9.59 Å². The molecule has 0 aliphatic rings. The highest BCUT2D eigenvalue weighted by atomic mass is 19.4. The van der Waals surface area contributed by atoms with Crippen molar-refractivity contribution in [1.82, 2.24) is 10.3 Å². The second-order valence-electron chi connectivity index (χ2n) is 6.88. The fraction of sp³-hybridized carbons (Fsp3) is 0.227. The SMILES string of the molecule is Cc1ccc(-c2cnc(CCC(=O)Nc3ccccc3C(=O)NCC(F)(F)F)o2)cc1. The molecule has 2 N–H and O–H groups in total. The van der Waals surface area contributed by atoms with Gasteiger partial charge < -0.3 is 15.1 Å². The van der Waals surface area contributed by atoms with Crippen LogP contribution in [0.1, 0.15) is 28.2 Å². The molecule has 0 saturated heterocycles. The number of carbonyl (C=O) groups is 2. The number of benzene rings is 2. The van der Waals surface area contributed by atoms with E-state index in [0.29, 0.717) is 11.7 Å². The largest absolute Gasteiger partial charge is 0.441 e. The molecule has 31 heavy (non-hydrogen) atoms. The minimum atomic E-state index is -4.53. The van der Waals surface area contributed by atoms with Gasteiger partial charge in [-0.25, -0.2) is 4.98 Å². The molecule has 3 rings (SSSR count). The summed E-state index contributed by atoms with van der Waals surface area (Å²) < 4.78 is 42.7. The predicted octanol–water partition coefficient (Wildman–Crippen LogP) is 4.51. The maximum Gasteiger partial charge on any atom is 0.405 e. The molecular weight excluding hydrogens is 411 g/mol. The zero-order chi connectivity index (χ0) is 22.4. The third-order valence-electron chi connectivity index (χ3n) is 4.35. The van der Waals surface area contributed by atoms with Crippen LogP contribution in [-0.2, 0) is 11.2 Å². The highest BCUT2D eigenvalue weighted by Crippen LogP contribution is 2.22. The van der Waals surface area contributed by atoms with Crippen molar-refractivity contribution in [3.8, 4) is 11.3 Å². The van der Waals surface area contributed by atoms with Crippen molar-refractivity contribution in [3.05, 3.63) is 71.7 Å². The Balaban J connectivity index is 1.58. The summed E-state index contributed by atoms with van der Waals surface area (Å²) in [5.41, 5.74) is 2.05. The smallest absolute Gasteiger partial charge is 0.405 e. The lowest BCUT2D eigenvalue weighted by Crippen LogP contribution is -2.34. The number of hydrogen-bond acceptors (Lipinski definition) is 4. The monoisotopic (exact) mass is 431 g/mol. The summed E-state index contributed by atoms with van der Waals surface area (Å²) >= 11 is 0. The van der Waals surface area contributed by atoms with Crippen LogP contribution in [0.15, 0.2) is 59.1 Å². The molecule has 9 heteroatoms. The van der Waals surface area contributed by atoms with E-state index in [1.165, 1.54) is 18.2 Å². The molecule has 0 aliphatic heterocycles. The Morgan fingerprint density at radius 3 is 2.48 bits per heavy atom. The fourth-order valence-corrected chi connectivity index (χ4v) is 2.78. The minimum absolute atomic E-state index is 0.0202. The number of aryl methyl sites for hydroxylation is 2. The van der Waals surface area contributed by atoms with Gasteiger partial charge in [0.25, 0.3) is 5.91 Å². The maximum atomic E-state index is 12.3. The summed E-state index contributed by atoms with van der Waals surface area (Å²) in [7, 11) is 0. The van der Waals surface area contributed by atoms with Crippen molar-refractivity contribution in [1.29, 1.82) is 0 Å². The molecule has 0 aliphatic carbocycles.